The first-order valence-corrected chi connectivity index (χ1v) is 5.13. The van der Waals surface area contributed by atoms with Crippen LogP contribution >= 0.6 is 11.8 Å². The van der Waals surface area contributed by atoms with Crippen molar-refractivity contribution in [2.24, 2.45) is 11.7 Å². The molecule has 1 aliphatic rings. The zero-order valence-corrected chi connectivity index (χ0v) is 7.93. The van der Waals surface area contributed by atoms with E-state index in [1.807, 2.05) is 0 Å². The number of nitrogens with one attached hydrogen (secondary N) is 1. The third kappa shape index (κ3) is 3.65. The van der Waals surface area contributed by atoms with Crippen LogP contribution in [-0.2, 0) is 14.4 Å². The summed E-state index contributed by atoms with van der Waals surface area (Å²) >= 11 is 1.74. The lowest BCUT2D eigenvalue weighted by Crippen LogP contribution is -2.33. The van der Waals surface area contributed by atoms with E-state index in [-0.39, 0.29) is 18.4 Å². The Balaban J connectivity index is 2.13. The van der Waals surface area contributed by atoms with Crippen molar-refractivity contribution in [3.05, 3.63) is 0 Å². The minimum absolute atomic E-state index is 0.0119. The molecule has 6 heteroatoms. The summed E-state index contributed by atoms with van der Waals surface area (Å²) in [6, 6.07) is 0. The highest BCUT2D eigenvalue weighted by Crippen LogP contribution is 2.23. The molecule has 0 radical (unpaired) electrons. The first-order chi connectivity index (χ1) is 6.20. The summed E-state index contributed by atoms with van der Waals surface area (Å²) in [6.07, 6.45) is 0.871. The van der Waals surface area contributed by atoms with E-state index >= 15 is 0 Å². The predicted molar refractivity (Wildman–Crippen MR) is 48.7 cm³/mol. The Bertz CT molecular complexity index is 204. The van der Waals surface area contributed by atoms with Crippen LogP contribution < -0.4 is 11.2 Å². The Hall–Kier alpha value is -0.750. The van der Waals surface area contributed by atoms with E-state index in [1.54, 1.807) is 11.8 Å². The smallest absolute Gasteiger partial charge is 0.247 e. The van der Waals surface area contributed by atoms with Crippen LogP contribution in [0.25, 0.3) is 0 Å². The monoisotopic (exact) mass is 204 g/mol. The van der Waals surface area contributed by atoms with Crippen molar-refractivity contribution in [2.75, 3.05) is 18.1 Å². The number of thioether (sulfide) groups is 1. The second-order valence-corrected chi connectivity index (χ2v) is 3.93. The number of hydroxylamine groups is 1. The molecule has 1 saturated heterocycles. The Morgan fingerprint density at radius 3 is 2.92 bits per heavy atom. The Morgan fingerprint density at radius 1 is 1.62 bits per heavy atom. The molecular weight excluding hydrogens is 192 g/mol. The zero-order chi connectivity index (χ0) is 9.68. The van der Waals surface area contributed by atoms with Crippen molar-refractivity contribution < 1.29 is 14.4 Å². The van der Waals surface area contributed by atoms with E-state index in [4.69, 9.17) is 5.73 Å². The summed E-state index contributed by atoms with van der Waals surface area (Å²) in [5, 5.41) is 0. The van der Waals surface area contributed by atoms with Gasteiger partial charge >= 0.3 is 0 Å². The van der Waals surface area contributed by atoms with Gasteiger partial charge in [0.15, 0.2) is 6.61 Å². The molecule has 0 bridgehead atoms. The van der Waals surface area contributed by atoms with Crippen LogP contribution in [-0.4, -0.2) is 29.9 Å². The fraction of sp³-hybridized carbons (Fsp3) is 0.714. The van der Waals surface area contributed by atoms with Gasteiger partial charge in [0, 0.05) is 11.7 Å². The molecule has 1 atom stereocenters. The maximum atomic E-state index is 11.2. The summed E-state index contributed by atoms with van der Waals surface area (Å²) in [4.78, 5) is 26.1. The molecule has 74 valence electrons. The second-order valence-electron chi connectivity index (χ2n) is 2.78. The summed E-state index contributed by atoms with van der Waals surface area (Å²) in [5.41, 5.74) is 7.02. The molecule has 1 unspecified atom stereocenters. The minimum Gasteiger partial charge on any atom is -0.368 e. The maximum Gasteiger partial charge on any atom is 0.247 e. The van der Waals surface area contributed by atoms with Gasteiger partial charge in [-0.05, 0) is 12.2 Å². The number of rotatable bonds is 4. The van der Waals surface area contributed by atoms with Crippen LogP contribution in [0, 0.1) is 5.92 Å². The summed E-state index contributed by atoms with van der Waals surface area (Å²) in [5.74, 6) is 1.09. The summed E-state index contributed by atoms with van der Waals surface area (Å²) in [6.45, 7) is -0.272. The third-order valence-corrected chi connectivity index (χ3v) is 2.85. The van der Waals surface area contributed by atoms with Crippen LogP contribution in [0.5, 0.6) is 0 Å². The van der Waals surface area contributed by atoms with Crippen molar-refractivity contribution in [1.82, 2.24) is 5.48 Å². The Kier molecular flexibility index (Phi) is 4.04. The van der Waals surface area contributed by atoms with Gasteiger partial charge in [-0.3, -0.25) is 14.4 Å². The fourth-order valence-corrected chi connectivity index (χ4v) is 2.22. The molecule has 0 aromatic heterocycles. The molecular formula is C7H12N2O3S. The van der Waals surface area contributed by atoms with Gasteiger partial charge < -0.3 is 5.73 Å². The van der Waals surface area contributed by atoms with Crippen molar-refractivity contribution in [1.29, 1.82) is 0 Å². The number of nitrogens with two attached hydrogens (primary N) is 1. The molecule has 13 heavy (non-hydrogen) atoms. The number of primary amides is 1. The first-order valence-electron chi connectivity index (χ1n) is 3.98. The summed E-state index contributed by atoms with van der Waals surface area (Å²) < 4.78 is 0. The number of amides is 2. The maximum absolute atomic E-state index is 11.2. The molecule has 3 N–H and O–H groups in total. The molecule has 0 saturated carbocycles. The fourth-order valence-electron chi connectivity index (χ4n) is 1.00. The van der Waals surface area contributed by atoms with Crippen molar-refractivity contribution in [3.63, 3.8) is 0 Å². The minimum atomic E-state index is -0.596. The largest absolute Gasteiger partial charge is 0.368 e. The highest BCUT2D eigenvalue weighted by atomic mass is 32.2. The standard InChI is InChI=1S/C7H12N2O3S/c8-6(10)3-12-9-7(11)5-1-2-13-4-5/h5H,1-4H2,(H2,8,10)(H,9,11). The molecule has 0 aromatic carbocycles. The summed E-state index contributed by atoms with van der Waals surface area (Å²) in [7, 11) is 0. The van der Waals surface area contributed by atoms with Crippen LogP contribution in [0.2, 0.25) is 0 Å². The van der Waals surface area contributed by atoms with Gasteiger partial charge in [0.05, 0.1) is 0 Å². The molecule has 0 aliphatic carbocycles. The highest BCUT2D eigenvalue weighted by Gasteiger charge is 2.23. The van der Waals surface area contributed by atoms with E-state index in [0.29, 0.717) is 0 Å². The van der Waals surface area contributed by atoms with Gasteiger partial charge in [-0.1, -0.05) is 0 Å². The van der Waals surface area contributed by atoms with Crippen LogP contribution in [0.1, 0.15) is 6.42 Å². The van der Waals surface area contributed by atoms with Gasteiger partial charge in [-0.25, -0.2) is 5.48 Å². The molecule has 2 amide bonds. The number of hydrogen-bond acceptors (Lipinski definition) is 4. The Morgan fingerprint density at radius 2 is 2.38 bits per heavy atom. The van der Waals surface area contributed by atoms with Crippen molar-refractivity contribution in [3.8, 4) is 0 Å². The van der Waals surface area contributed by atoms with E-state index in [0.717, 1.165) is 17.9 Å². The van der Waals surface area contributed by atoms with E-state index in [2.05, 4.69) is 10.3 Å². The molecule has 5 nitrogen and oxygen atoms in total. The predicted octanol–water partition coefficient (Wildman–Crippen LogP) is -0.727. The Labute approximate surface area is 80.3 Å². The number of carbonyl (C=O) groups is 2. The molecule has 1 aliphatic heterocycles. The van der Waals surface area contributed by atoms with Gasteiger partial charge in [-0.15, -0.1) is 0 Å². The molecule has 1 heterocycles. The van der Waals surface area contributed by atoms with Crippen LogP contribution in [0.3, 0.4) is 0 Å². The van der Waals surface area contributed by atoms with Crippen LogP contribution in [0.15, 0.2) is 0 Å². The molecule has 1 fully saturated rings. The van der Waals surface area contributed by atoms with Crippen LogP contribution in [0.4, 0.5) is 0 Å². The van der Waals surface area contributed by atoms with E-state index < -0.39 is 5.91 Å². The lowest BCUT2D eigenvalue weighted by molar-refractivity contribution is -0.140. The SMILES string of the molecule is NC(=O)CONC(=O)C1CCSC1. The van der Waals surface area contributed by atoms with Gasteiger partial charge in [0.25, 0.3) is 0 Å². The number of carbonyl (C=O) groups excluding carboxylic acids is 2. The van der Waals surface area contributed by atoms with E-state index in [1.165, 1.54) is 0 Å². The average molecular weight is 204 g/mol. The highest BCUT2D eigenvalue weighted by molar-refractivity contribution is 7.99. The van der Waals surface area contributed by atoms with Crippen molar-refractivity contribution in [2.45, 2.75) is 6.42 Å². The molecule has 1 rings (SSSR count). The second kappa shape index (κ2) is 5.08. The topological polar surface area (TPSA) is 81.4 Å². The zero-order valence-electron chi connectivity index (χ0n) is 7.12. The van der Waals surface area contributed by atoms with Gasteiger partial charge in [0.2, 0.25) is 11.8 Å². The first kappa shape index (κ1) is 10.3. The average Bonchev–Trinajstić information content (AvgIpc) is 2.55. The lowest BCUT2D eigenvalue weighted by atomic mass is 10.1. The molecule has 0 spiro atoms. The molecule has 0 aromatic rings. The van der Waals surface area contributed by atoms with Crippen molar-refractivity contribution >= 4 is 23.6 Å². The quantitative estimate of drug-likeness (QED) is 0.592. The lowest BCUT2D eigenvalue weighted by Gasteiger charge is -2.08. The third-order valence-electron chi connectivity index (χ3n) is 1.69. The normalized spacial score (nSPS) is 21.4. The number of hydrogen-bond donors (Lipinski definition) is 2. The van der Waals surface area contributed by atoms with Gasteiger partial charge in [0.1, 0.15) is 0 Å². The van der Waals surface area contributed by atoms with Gasteiger partial charge in [-0.2, -0.15) is 11.8 Å². The van der Waals surface area contributed by atoms with E-state index in [9.17, 15) is 9.59 Å².